The highest BCUT2D eigenvalue weighted by atomic mass is 16.3. The number of carbonyl (C=O) groups is 1. The van der Waals surface area contributed by atoms with Gasteiger partial charge in [-0.25, -0.2) is 0 Å². The van der Waals surface area contributed by atoms with Crippen LogP contribution in [0, 0.1) is 0 Å². The van der Waals surface area contributed by atoms with Gasteiger partial charge >= 0.3 is 0 Å². The van der Waals surface area contributed by atoms with Crippen molar-refractivity contribution in [3.8, 4) is 11.3 Å². The number of aliphatic imine (C=N–C) groups is 1. The molecule has 118 valence electrons. The molecule has 0 radical (unpaired) electrons. The van der Waals surface area contributed by atoms with Crippen molar-refractivity contribution in [1.29, 1.82) is 0 Å². The first-order valence-electron chi connectivity index (χ1n) is 7.40. The number of benzene rings is 1. The fourth-order valence-corrected chi connectivity index (χ4v) is 2.68. The highest BCUT2D eigenvalue weighted by molar-refractivity contribution is 6.11. The fraction of sp³-hybridized carbons (Fsp3) is 0.0556. The monoisotopic (exact) mass is 318 g/mol. The Bertz CT molecular complexity index is 1010. The minimum atomic E-state index is -0.375. The van der Waals surface area contributed by atoms with E-state index in [0.29, 0.717) is 17.2 Å². The van der Waals surface area contributed by atoms with Gasteiger partial charge in [-0.05, 0) is 17.5 Å². The summed E-state index contributed by atoms with van der Waals surface area (Å²) in [5.41, 5.74) is 6.93. The van der Waals surface area contributed by atoms with Crippen molar-refractivity contribution in [2.24, 2.45) is 10.7 Å². The molecular formula is C18H14N4O2. The number of hydrogen-bond donors (Lipinski definition) is 1. The van der Waals surface area contributed by atoms with Crippen LogP contribution in [-0.4, -0.2) is 28.8 Å². The van der Waals surface area contributed by atoms with Crippen molar-refractivity contribution in [3.63, 3.8) is 0 Å². The lowest BCUT2D eigenvalue weighted by molar-refractivity contribution is -0.114. The normalized spacial score (nSPS) is 16.2. The first-order valence-corrected chi connectivity index (χ1v) is 7.40. The molecule has 0 aliphatic carbocycles. The average Bonchev–Trinajstić information content (AvgIpc) is 3.15. The van der Waals surface area contributed by atoms with E-state index in [0.717, 1.165) is 16.3 Å². The topological polar surface area (TPSA) is 84.7 Å². The van der Waals surface area contributed by atoms with Crippen LogP contribution >= 0.6 is 0 Å². The molecule has 0 unspecified atom stereocenters. The molecule has 24 heavy (non-hydrogen) atoms. The van der Waals surface area contributed by atoms with Crippen molar-refractivity contribution in [1.82, 2.24) is 9.88 Å². The van der Waals surface area contributed by atoms with Crippen LogP contribution in [-0.2, 0) is 4.79 Å². The van der Waals surface area contributed by atoms with Crippen molar-refractivity contribution >= 4 is 28.7 Å². The van der Waals surface area contributed by atoms with E-state index >= 15 is 0 Å². The molecule has 0 saturated heterocycles. The average molecular weight is 318 g/mol. The second-order valence-corrected chi connectivity index (χ2v) is 5.47. The second-order valence-electron chi connectivity index (χ2n) is 5.47. The summed E-state index contributed by atoms with van der Waals surface area (Å²) in [5, 5.41) is 2.10. The Balaban J connectivity index is 1.75. The minimum absolute atomic E-state index is 0.177. The minimum Gasteiger partial charge on any atom is -0.457 e. The summed E-state index contributed by atoms with van der Waals surface area (Å²) in [4.78, 5) is 21.3. The second kappa shape index (κ2) is 5.34. The number of amides is 1. The Kier molecular flexibility index (Phi) is 3.16. The van der Waals surface area contributed by atoms with E-state index in [4.69, 9.17) is 10.2 Å². The number of furan rings is 1. The van der Waals surface area contributed by atoms with Crippen LogP contribution in [0.5, 0.6) is 0 Å². The molecule has 0 saturated carbocycles. The van der Waals surface area contributed by atoms with Gasteiger partial charge in [-0.1, -0.05) is 24.3 Å². The summed E-state index contributed by atoms with van der Waals surface area (Å²) in [6.45, 7) is 0. The van der Waals surface area contributed by atoms with Crippen molar-refractivity contribution in [3.05, 3.63) is 60.2 Å². The quantitative estimate of drug-likeness (QED) is 0.734. The number of rotatable bonds is 2. The van der Waals surface area contributed by atoms with Gasteiger partial charge in [0.15, 0.2) is 0 Å². The van der Waals surface area contributed by atoms with Crippen LogP contribution < -0.4 is 5.73 Å². The van der Waals surface area contributed by atoms with Crippen LogP contribution in [0.1, 0.15) is 5.76 Å². The predicted octanol–water partition coefficient (Wildman–Crippen LogP) is 2.62. The third-order valence-electron chi connectivity index (χ3n) is 3.98. The molecule has 1 aliphatic rings. The van der Waals surface area contributed by atoms with E-state index in [-0.39, 0.29) is 11.9 Å². The van der Waals surface area contributed by atoms with Crippen LogP contribution in [0.25, 0.3) is 28.2 Å². The predicted molar refractivity (Wildman–Crippen MR) is 91.8 cm³/mol. The Morgan fingerprint density at radius 3 is 2.79 bits per heavy atom. The first-order chi connectivity index (χ1) is 11.6. The summed E-state index contributed by atoms with van der Waals surface area (Å²) >= 11 is 0. The lowest BCUT2D eigenvalue weighted by Crippen LogP contribution is -2.28. The standard InChI is InChI=1S/C18H14N4O2/c1-22-15(17(23)21-18(22)19)8-12-6-7-16(24-12)14-10-20-9-11-4-2-3-5-13(11)14/h2-10H,1H3,(H2,19,21,23)/b15-8-. The lowest BCUT2D eigenvalue weighted by atomic mass is 10.1. The Morgan fingerprint density at radius 1 is 1.17 bits per heavy atom. The van der Waals surface area contributed by atoms with Gasteiger partial charge in [-0.2, -0.15) is 4.99 Å². The molecule has 6 heteroatoms. The van der Waals surface area contributed by atoms with Crippen molar-refractivity contribution < 1.29 is 9.21 Å². The molecule has 1 aliphatic heterocycles. The summed E-state index contributed by atoms with van der Waals surface area (Å²) in [5.74, 6) is 1.04. The van der Waals surface area contributed by atoms with E-state index in [1.54, 1.807) is 25.4 Å². The van der Waals surface area contributed by atoms with E-state index in [9.17, 15) is 4.79 Å². The van der Waals surface area contributed by atoms with Crippen molar-refractivity contribution in [2.75, 3.05) is 7.05 Å². The Hall–Kier alpha value is -3.41. The number of nitrogens with zero attached hydrogens (tertiary/aromatic N) is 3. The highest BCUT2D eigenvalue weighted by Crippen LogP contribution is 2.30. The zero-order valence-corrected chi connectivity index (χ0v) is 12.9. The number of aromatic nitrogens is 1. The maximum atomic E-state index is 11.8. The SMILES string of the molecule is CN1C(N)=NC(=O)/C1=C/c1ccc(-c2cncc3ccccc23)o1. The number of nitrogens with two attached hydrogens (primary N) is 1. The van der Waals surface area contributed by atoms with Crippen LogP contribution in [0.4, 0.5) is 0 Å². The van der Waals surface area contributed by atoms with Gasteiger partial charge in [0, 0.05) is 36.5 Å². The van der Waals surface area contributed by atoms with E-state index in [1.165, 1.54) is 4.90 Å². The first kappa shape index (κ1) is 14.2. The van der Waals surface area contributed by atoms with E-state index in [1.807, 2.05) is 36.5 Å². The van der Waals surface area contributed by atoms with Gasteiger partial charge in [0.2, 0.25) is 5.96 Å². The zero-order chi connectivity index (χ0) is 16.7. The molecule has 4 rings (SSSR count). The molecule has 1 aromatic carbocycles. The fourth-order valence-electron chi connectivity index (χ4n) is 2.68. The smallest absolute Gasteiger partial charge is 0.297 e. The third-order valence-corrected chi connectivity index (χ3v) is 3.98. The van der Waals surface area contributed by atoms with Crippen LogP contribution in [0.15, 0.2) is 63.9 Å². The molecule has 6 nitrogen and oxygen atoms in total. The molecule has 0 spiro atoms. The zero-order valence-electron chi connectivity index (χ0n) is 12.9. The Morgan fingerprint density at radius 2 is 2.00 bits per heavy atom. The number of guanidine groups is 1. The molecule has 3 heterocycles. The van der Waals surface area contributed by atoms with E-state index < -0.39 is 0 Å². The largest absolute Gasteiger partial charge is 0.457 e. The number of likely N-dealkylation sites (N-methyl/N-ethyl adjacent to an activating group) is 1. The Labute approximate surface area is 137 Å². The molecule has 0 fully saturated rings. The molecule has 2 N–H and O–H groups in total. The van der Waals surface area contributed by atoms with Gasteiger partial charge in [0.25, 0.3) is 5.91 Å². The maximum absolute atomic E-state index is 11.8. The van der Waals surface area contributed by atoms with Gasteiger partial charge in [-0.3, -0.25) is 9.78 Å². The molecule has 3 aromatic rings. The molecular weight excluding hydrogens is 304 g/mol. The molecule has 0 atom stereocenters. The number of fused-ring (bicyclic) bond motifs is 1. The summed E-state index contributed by atoms with van der Waals surface area (Å²) in [6.07, 6.45) is 5.22. The van der Waals surface area contributed by atoms with Crippen LogP contribution in [0.2, 0.25) is 0 Å². The number of pyridine rings is 1. The lowest BCUT2D eigenvalue weighted by Gasteiger charge is -2.10. The summed E-state index contributed by atoms with van der Waals surface area (Å²) in [7, 11) is 1.69. The van der Waals surface area contributed by atoms with Crippen molar-refractivity contribution in [2.45, 2.75) is 0 Å². The molecule has 0 bridgehead atoms. The summed E-state index contributed by atoms with van der Waals surface area (Å²) < 4.78 is 5.88. The van der Waals surface area contributed by atoms with Gasteiger partial charge in [-0.15, -0.1) is 0 Å². The van der Waals surface area contributed by atoms with Gasteiger partial charge < -0.3 is 15.1 Å². The van der Waals surface area contributed by atoms with Gasteiger partial charge in [0.05, 0.1) is 0 Å². The highest BCUT2D eigenvalue weighted by Gasteiger charge is 2.24. The molecule has 2 aromatic heterocycles. The maximum Gasteiger partial charge on any atom is 0.297 e. The van der Waals surface area contributed by atoms with Crippen LogP contribution in [0.3, 0.4) is 0 Å². The third kappa shape index (κ3) is 2.25. The van der Waals surface area contributed by atoms with E-state index in [2.05, 4.69) is 9.98 Å². The van der Waals surface area contributed by atoms with Gasteiger partial charge in [0.1, 0.15) is 17.2 Å². The summed E-state index contributed by atoms with van der Waals surface area (Å²) in [6, 6.07) is 11.6. The number of carbonyl (C=O) groups excluding carboxylic acids is 1. The number of hydrogen-bond acceptors (Lipinski definition) is 5. The molecule has 1 amide bonds.